The second kappa shape index (κ2) is 6.43. The number of aryl methyl sites for hydroxylation is 2. The number of fused-ring (bicyclic) bond motifs is 2. The topological polar surface area (TPSA) is 23.5 Å². The summed E-state index contributed by atoms with van der Waals surface area (Å²) in [6, 6.07) is 16.4. The van der Waals surface area contributed by atoms with Gasteiger partial charge in [0.1, 0.15) is 0 Å². The Morgan fingerprint density at radius 2 is 1.42 bits per heavy atom. The Morgan fingerprint density at radius 1 is 0.875 bits per heavy atom. The highest BCUT2D eigenvalue weighted by Gasteiger charge is 2.35. The van der Waals surface area contributed by atoms with E-state index < -0.39 is 5.60 Å². The van der Waals surface area contributed by atoms with Gasteiger partial charge >= 0.3 is 0 Å². The van der Waals surface area contributed by atoms with Gasteiger partial charge in [0, 0.05) is 11.1 Å². The van der Waals surface area contributed by atoms with Crippen molar-refractivity contribution >= 4 is 0 Å². The molecule has 0 amide bonds. The van der Waals surface area contributed by atoms with E-state index in [1.807, 2.05) is 36.4 Å². The number of benzene rings is 2. The molecule has 0 aromatic heterocycles. The van der Waals surface area contributed by atoms with Crippen LogP contribution in [-0.4, -0.2) is 29.6 Å². The monoisotopic (exact) mass is 317 g/mol. The minimum absolute atomic E-state index is 0.743. The summed E-state index contributed by atoms with van der Waals surface area (Å²) in [4.78, 5) is 2.37. The van der Waals surface area contributed by atoms with Gasteiger partial charge in [0.15, 0.2) is 5.60 Å². The molecule has 2 nitrogen and oxygen atoms in total. The summed E-state index contributed by atoms with van der Waals surface area (Å²) >= 11 is 0. The zero-order valence-electron chi connectivity index (χ0n) is 14.0. The van der Waals surface area contributed by atoms with Crippen LogP contribution >= 0.6 is 0 Å². The molecule has 4 rings (SSSR count). The van der Waals surface area contributed by atoms with Crippen LogP contribution in [0.5, 0.6) is 0 Å². The third kappa shape index (κ3) is 2.75. The van der Waals surface area contributed by atoms with Crippen molar-refractivity contribution in [1.29, 1.82) is 0 Å². The molecular weight excluding hydrogens is 294 g/mol. The van der Waals surface area contributed by atoms with Gasteiger partial charge < -0.3 is 5.11 Å². The highest BCUT2D eigenvalue weighted by Crippen LogP contribution is 2.37. The first-order chi connectivity index (χ1) is 11.8. The van der Waals surface area contributed by atoms with E-state index in [1.165, 1.54) is 24.0 Å². The Labute approximate surface area is 144 Å². The molecule has 1 N–H and O–H groups in total. The van der Waals surface area contributed by atoms with E-state index >= 15 is 0 Å². The SMILES string of the molecule is OC1(C#CCN2CCCC2)c2ccccc2CCc2ccccc21. The highest BCUT2D eigenvalue weighted by molar-refractivity contribution is 5.53. The van der Waals surface area contributed by atoms with E-state index in [4.69, 9.17) is 0 Å². The minimum atomic E-state index is -1.20. The zero-order valence-corrected chi connectivity index (χ0v) is 14.0. The van der Waals surface area contributed by atoms with E-state index in [0.717, 1.165) is 43.6 Å². The van der Waals surface area contributed by atoms with Crippen molar-refractivity contribution in [1.82, 2.24) is 4.90 Å². The number of aliphatic hydroxyl groups is 1. The maximum absolute atomic E-state index is 11.6. The minimum Gasteiger partial charge on any atom is -0.369 e. The molecule has 0 saturated carbocycles. The maximum atomic E-state index is 11.6. The fraction of sp³-hybridized carbons (Fsp3) is 0.364. The lowest BCUT2D eigenvalue weighted by molar-refractivity contribution is 0.144. The van der Waals surface area contributed by atoms with Gasteiger partial charge in [0.25, 0.3) is 0 Å². The van der Waals surface area contributed by atoms with E-state index in [1.54, 1.807) is 0 Å². The molecular formula is C22H23NO. The molecule has 1 aliphatic carbocycles. The number of likely N-dealkylation sites (tertiary alicyclic amines) is 1. The lowest BCUT2D eigenvalue weighted by atomic mass is 9.84. The number of nitrogens with zero attached hydrogens (tertiary/aromatic N) is 1. The predicted octanol–water partition coefficient (Wildman–Crippen LogP) is 3.12. The second-order valence-electron chi connectivity index (χ2n) is 6.81. The van der Waals surface area contributed by atoms with Gasteiger partial charge in [0.2, 0.25) is 0 Å². The largest absolute Gasteiger partial charge is 0.369 e. The molecule has 1 saturated heterocycles. The van der Waals surface area contributed by atoms with Gasteiger partial charge in [-0.15, -0.1) is 0 Å². The lowest BCUT2D eigenvalue weighted by Gasteiger charge is -2.25. The molecule has 2 heteroatoms. The van der Waals surface area contributed by atoms with Crippen LogP contribution in [0.25, 0.3) is 0 Å². The van der Waals surface area contributed by atoms with Gasteiger partial charge in [-0.2, -0.15) is 0 Å². The summed E-state index contributed by atoms with van der Waals surface area (Å²) in [6.07, 6.45) is 4.42. The van der Waals surface area contributed by atoms with E-state index in [9.17, 15) is 5.11 Å². The van der Waals surface area contributed by atoms with Crippen molar-refractivity contribution in [3.8, 4) is 11.8 Å². The highest BCUT2D eigenvalue weighted by atomic mass is 16.3. The molecule has 0 unspecified atom stereocenters. The van der Waals surface area contributed by atoms with Crippen LogP contribution in [0.2, 0.25) is 0 Å². The summed E-state index contributed by atoms with van der Waals surface area (Å²) in [6.45, 7) is 2.99. The number of hydrogen-bond acceptors (Lipinski definition) is 2. The Balaban J connectivity index is 1.78. The molecule has 24 heavy (non-hydrogen) atoms. The van der Waals surface area contributed by atoms with Crippen LogP contribution in [-0.2, 0) is 18.4 Å². The van der Waals surface area contributed by atoms with Gasteiger partial charge in [-0.1, -0.05) is 60.4 Å². The summed E-state index contributed by atoms with van der Waals surface area (Å²) < 4.78 is 0. The van der Waals surface area contributed by atoms with Crippen molar-refractivity contribution in [2.24, 2.45) is 0 Å². The quantitative estimate of drug-likeness (QED) is 0.817. The molecule has 122 valence electrons. The van der Waals surface area contributed by atoms with Crippen LogP contribution in [0.15, 0.2) is 48.5 Å². The van der Waals surface area contributed by atoms with E-state index in [2.05, 4.69) is 28.9 Å². The van der Waals surface area contributed by atoms with Crippen LogP contribution in [0.1, 0.15) is 35.1 Å². The van der Waals surface area contributed by atoms with Gasteiger partial charge in [-0.05, 0) is 49.9 Å². The molecule has 1 aliphatic heterocycles. The average Bonchev–Trinajstić information content (AvgIpc) is 3.09. The Kier molecular flexibility index (Phi) is 4.14. The van der Waals surface area contributed by atoms with Crippen molar-refractivity contribution in [3.05, 3.63) is 70.8 Å². The normalized spacial score (nSPS) is 18.9. The van der Waals surface area contributed by atoms with E-state index in [0.29, 0.717) is 0 Å². The fourth-order valence-electron chi connectivity index (χ4n) is 3.95. The predicted molar refractivity (Wildman–Crippen MR) is 96.7 cm³/mol. The first kappa shape index (κ1) is 15.4. The molecule has 2 aromatic carbocycles. The van der Waals surface area contributed by atoms with Crippen molar-refractivity contribution < 1.29 is 5.11 Å². The van der Waals surface area contributed by atoms with Crippen molar-refractivity contribution in [2.45, 2.75) is 31.3 Å². The van der Waals surface area contributed by atoms with Gasteiger partial charge in [0.05, 0.1) is 6.54 Å². The maximum Gasteiger partial charge on any atom is 0.177 e. The Hall–Kier alpha value is -2.08. The fourth-order valence-corrected chi connectivity index (χ4v) is 3.95. The van der Waals surface area contributed by atoms with Crippen LogP contribution in [0.4, 0.5) is 0 Å². The number of rotatable bonds is 1. The molecule has 0 spiro atoms. The molecule has 1 heterocycles. The van der Waals surface area contributed by atoms with E-state index in [-0.39, 0.29) is 0 Å². The van der Waals surface area contributed by atoms with Crippen LogP contribution in [0, 0.1) is 11.8 Å². The molecule has 0 atom stereocenters. The van der Waals surface area contributed by atoms with Crippen molar-refractivity contribution in [2.75, 3.05) is 19.6 Å². The zero-order chi connectivity index (χ0) is 16.4. The first-order valence-corrected chi connectivity index (χ1v) is 8.89. The average molecular weight is 317 g/mol. The van der Waals surface area contributed by atoms with Crippen LogP contribution < -0.4 is 0 Å². The third-order valence-electron chi connectivity index (χ3n) is 5.25. The summed E-state index contributed by atoms with van der Waals surface area (Å²) in [5.74, 6) is 6.51. The first-order valence-electron chi connectivity index (χ1n) is 8.89. The Bertz CT molecular complexity index is 745. The van der Waals surface area contributed by atoms with Crippen molar-refractivity contribution in [3.63, 3.8) is 0 Å². The number of hydrogen-bond donors (Lipinski definition) is 1. The molecule has 1 fully saturated rings. The second-order valence-corrected chi connectivity index (χ2v) is 6.81. The molecule has 2 aliphatic rings. The standard InChI is InChI=1S/C22H23NO/c24-22(14-7-17-23-15-5-6-16-23)20-10-3-1-8-18(20)12-13-19-9-2-4-11-21(19)22/h1-4,8-11,24H,5-6,12-13,15-17H2. The molecule has 0 radical (unpaired) electrons. The third-order valence-corrected chi connectivity index (χ3v) is 5.25. The summed E-state index contributed by atoms with van der Waals surface area (Å²) in [5.41, 5.74) is 3.09. The molecule has 2 aromatic rings. The molecule has 0 bridgehead atoms. The Morgan fingerprint density at radius 3 is 2.00 bits per heavy atom. The smallest absolute Gasteiger partial charge is 0.177 e. The lowest BCUT2D eigenvalue weighted by Crippen LogP contribution is -2.27. The van der Waals surface area contributed by atoms with Crippen LogP contribution in [0.3, 0.4) is 0 Å². The summed E-state index contributed by atoms with van der Waals surface area (Å²) in [5, 5.41) is 11.6. The van der Waals surface area contributed by atoms with Gasteiger partial charge in [-0.3, -0.25) is 4.90 Å². The van der Waals surface area contributed by atoms with Gasteiger partial charge in [-0.25, -0.2) is 0 Å². The summed E-state index contributed by atoms with van der Waals surface area (Å²) in [7, 11) is 0.